The number of carbonyl (C=O) groups excluding carboxylic acids is 2. The van der Waals surface area contributed by atoms with Crippen molar-refractivity contribution < 1.29 is 19.1 Å². The monoisotopic (exact) mass is 623 g/mol. The van der Waals surface area contributed by atoms with Gasteiger partial charge in [-0.15, -0.1) is 0 Å². The molecule has 2 heterocycles. The molecule has 9 nitrogen and oxygen atoms in total. The Morgan fingerprint density at radius 1 is 0.935 bits per heavy atom. The van der Waals surface area contributed by atoms with Crippen LogP contribution in [0.1, 0.15) is 61.9 Å². The van der Waals surface area contributed by atoms with Gasteiger partial charge in [0, 0.05) is 29.5 Å². The van der Waals surface area contributed by atoms with Crippen molar-refractivity contribution >= 4 is 23.3 Å². The van der Waals surface area contributed by atoms with Gasteiger partial charge in [-0.3, -0.25) is 10.1 Å². The summed E-state index contributed by atoms with van der Waals surface area (Å²) in [7, 11) is 3.19. The molecule has 1 atom stereocenters. The molecule has 1 fully saturated rings. The topological polar surface area (TPSA) is 107 Å². The van der Waals surface area contributed by atoms with E-state index in [0.717, 1.165) is 54.0 Å². The highest BCUT2D eigenvalue weighted by Crippen LogP contribution is 2.35. The first-order valence-electron chi connectivity index (χ1n) is 15.9. The second kappa shape index (κ2) is 14.2. The van der Waals surface area contributed by atoms with Gasteiger partial charge in [0.25, 0.3) is 0 Å². The second-order valence-electron chi connectivity index (χ2n) is 13.0. The number of nitrogens with one attached hydrogen (secondary N) is 3. The van der Waals surface area contributed by atoms with E-state index in [0.29, 0.717) is 23.0 Å². The lowest BCUT2D eigenvalue weighted by molar-refractivity contribution is -0.121. The zero-order valence-corrected chi connectivity index (χ0v) is 27.6. The van der Waals surface area contributed by atoms with Gasteiger partial charge < -0.3 is 20.1 Å². The van der Waals surface area contributed by atoms with Crippen LogP contribution in [0.25, 0.3) is 5.69 Å². The van der Waals surface area contributed by atoms with Gasteiger partial charge in [-0.2, -0.15) is 5.10 Å². The van der Waals surface area contributed by atoms with Crippen LogP contribution in [-0.4, -0.2) is 48.9 Å². The molecule has 46 heavy (non-hydrogen) atoms. The van der Waals surface area contributed by atoms with Crippen molar-refractivity contribution in [3.8, 4) is 17.2 Å². The van der Waals surface area contributed by atoms with Crippen LogP contribution in [0.15, 0.2) is 72.8 Å². The molecular formula is C37H45N5O4. The van der Waals surface area contributed by atoms with Crippen molar-refractivity contribution in [3.63, 3.8) is 0 Å². The molecule has 3 aromatic carbocycles. The smallest absolute Gasteiger partial charge is 0.324 e. The summed E-state index contributed by atoms with van der Waals surface area (Å²) in [5.74, 6) is 1.82. The highest BCUT2D eigenvalue weighted by atomic mass is 16.5. The van der Waals surface area contributed by atoms with E-state index >= 15 is 0 Å². The standard InChI is InChI=1S/C37H45N5O4/c1-24-10-13-29(14-11-24)42-34(23-33(41-42)37(2,3)4)40-36(44)39-28-9-7-8-27(22-28)35(26-16-18-38-19-17-26)30(43)20-25-12-15-31(45-5)32(21-25)46-6/h7-15,21-23,26,35,38H,16-20H2,1-6H3,(H2,39,40,44). The number of aryl methyl sites for hydroxylation is 1. The number of piperidine rings is 1. The number of ketones is 1. The van der Waals surface area contributed by atoms with Crippen molar-refractivity contribution in [2.45, 2.75) is 58.3 Å². The van der Waals surface area contributed by atoms with Crippen LogP contribution in [0.2, 0.25) is 0 Å². The first kappa shape index (κ1) is 32.8. The average Bonchev–Trinajstić information content (AvgIpc) is 3.46. The van der Waals surface area contributed by atoms with E-state index < -0.39 is 0 Å². The Bertz CT molecular complexity index is 1670. The maximum Gasteiger partial charge on any atom is 0.324 e. The van der Waals surface area contributed by atoms with E-state index in [4.69, 9.17) is 14.6 Å². The molecular weight excluding hydrogens is 578 g/mol. The number of rotatable bonds is 10. The third-order valence-electron chi connectivity index (χ3n) is 8.53. The van der Waals surface area contributed by atoms with E-state index in [2.05, 4.69) is 36.7 Å². The number of urea groups is 1. The third kappa shape index (κ3) is 7.77. The largest absolute Gasteiger partial charge is 0.493 e. The number of ether oxygens (including phenoxy) is 2. The number of hydrogen-bond donors (Lipinski definition) is 3. The lowest BCUT2D eigenvalue weighted by Gasteiger charge is -2.30. The van der Waals surface area contributed by atoms with Crippen LogP contribution in [-0.2, 0) is 16.6 Å². The average molecular weight is 624 g/mol. The summed E-state index contributed by atoms with van der Waals surface area (Å²) in [4.78, 5) is 27.4. The summed E-state index contributed by atoms with van der Waals surface area (Å²) < 4.78 is 12.6. The molecule has 1 aliphatic rings. The molecule has 5 rings (SSSR count). The predicted octanol–water partition coefficient (Wildman–Crippen LogP) is 7.03. The molecule has 3 N–H and O–H groups in total. The number of amides is 2. The van der Waals surface area contributed by atoms with E-state index in [1.807, 2.05) is 79.7 Å². The molecule has 0 radical (unpaired) electrons. The highest BCUT2D eigenvalue weighted by Gasteiger charge is 2.31. The molecule has 4 aromatic rings. The van der Waals surface area contributed by atoms with E-state index in [1.165, 1.54) is 0 Å². The normalized spacial score (nSPS) is 14.4. The fourth-order valence-corrected chi connectivity index (χ4v) is 6.01. The lowest BCUT2D eigenvalue weighted by Crippen LogP contribution is -2.34. The van der Waals surface area contributed by atoms with Gasteiger partial charge in [0.15, 0.2) is 11.5 Å². The van der Waals surface area contributed by atoms with Gasteiger partial charge in [-0.25, -0.2) is 9.48 Å². The maximum atomic E-state index is 14.0. The molecule has 0 saturated carbocycles. The van der Waals surface area contributed by atoms with Crippen molar-refractivity contribution in [1.82, 2.24) is 15.1 Å². The molecule has 0 spiro atoms. The molecule has 1 aromatic heterocycles. The van der Waals surface area contributed by atoms with Crippen LogP contribution < -0.4 is 25.4 Å². The van der Waals surface area contributed by atoms with Crippen LogP contribution in [0.4, 0.5) is 16.3 Å². The summed E-state index contributed by atoms with van der Waals surface area (Å²) in [5.41, 5.74) is 5.04. The summed E-state index contributed by atoms with van der Waals surface area (Å²) in [6.45, 7) is 10.1. The number of nitrogens with zero attached hydrogens (tertiary/aromatic N) is 2. The SMILES string of the molecule is COc1ccc(CC(=O)C(c2cccc(NC(=O)Nc3cc(C(C)(C)C)nn3-c3ccc(C)cc3)c2)C2CCNCC2)cc1OC. The molecule has 1 saturated heterocycles. The lowest BCUT2D eigenvalue weighted by atomic mass is 9.76. The zero-order valence-electron chi connectivity index (χ0n) is 27.6. The maximum absolute atomic E-state index is 14.0. The summed E-state index contributed by atoms with van der Waals surface area (Å²) in [5, 5.41) is 14.2. The fraction of sp³-hybridized carbons (Fsp3) is 0.378. The quantitative estimate of drug-likeness (QED) is 0.175. The van der Waals surface area contributed by atoms with Crippen molar-refractivity contribution in [2.75, 3.05) is 37.9 Å². The van der Waals surface area contributed by atoms with Crippen molar-refractivity contribution in [2.24, 2.45) is 5.92 Å². The number of hydrogen-bond acceptors (Lipinski definition) is 6. The van der Waals surface area contributed by atoms with Gasteiger partial charge in [0.2, 0.25) is 0 Å². The van der Waals surface area contributed by atoms with Gasteiger partial charge in [-0.05, 0) is 86.3 Å². The zero-order chi connectivity index (χ0) is 32.8. The Labute approximate surface area is 271 Å². The van der Waals surface area contributed by atoms with Gasteiger partial charge in [-0.1, -0.05) is 56.7 Å². The molecule has 0 bridgehead atoms. The van der Waals surface area contributed by atoms with Crippen molar-refractivity contribution in [1.29, 1.82) is 0 Å². The molecule has 242 valence electrons. The minimum atomic E-state index is -0.388. The Hall–Kier alpha value is -4.63. The van der Waals surface area contributed by atoms with Gasteiger partial charge >= 0.3 is 6.03 Å². The highest BCUT2D eigenvalue weighted by molar-refractivity contribution is 5.99. The number of methoxy groups -OCH3 is 2. The molecule has 1 aliphatic heterocycles. The summed E-state index contributed by atoms with van der Waals surface area (Å²) in [6, 6.07) is 22.8. The second-order valence-corrected chi connectivity index (χ2v) is 13.0. The summed E-state index contributed by atoms with van der Waals surface area (Å²) >= 11 is 0. The minimum absolute atomic E-state index is 0.137. The van der Waals surface area contributed by atoms with Crippen LogP contribution in [0, 0.1) is 12.8 Å². The number of Topliss-reactive ketones (excluding diaryl/α,β-unsaturated/α-hetero) is 1. The number of aromatic nitrogens is 2. The van der Waals surface area contributed by atoms with E-state index in [1.54, 1.807) is 18.9 Å². The number of anilines is 2. The summed E-state index contributed by atoms with van der Waals surface area (Å²) in [6.07, 6.45) is 2.07. The Morgan fingerprint density at radius 2 is 1.65 bits per heavy atom. The Morgan fingerprint density at radius 3 is 2.33 bits per heavy atom. The van der Waals surface area contributed by atoms with Gasteiger partial charge in [0.1, 0.15) is 11.6 Å². The predicted molar refractivity (Wildman–Crippen MR) is 183 cm³/mol. The Balaban J connectivity index is 1.38. The van der Waals surface area contributed by atoms with Crippen LogP contribution >= 0.6 is 0 Å². The molecule has 0 aliphatic carbocycles. The first-order chi connectivity index (χ1) is 22.0. The van der Waals surface area contributed by atoms with E-state index in [-0.39, 0.29) is 35.5 Å². The minimum Gasteiger partial charge on any atom is -0.493 e. The van der Waals surface area contributed by atoms with Crippen LogP contribution in [0.5, 0.6) is 11.5 Å². The first-order valence-corrected chi connectivity index (χ1v) is 15.9. The Kier molecular flexibility index (Phi) is 10.1. The van der Waals surface area contributed by atoms with Crippen LogP contribution in [0.3, 0.4) is 0 Å². The van der Waals surface area contributed by atoms with E-state index in [9.17, 15) is 9.59 Å². The van der Waals surface area contributed by atoms with Crippen molar-refractivity contribution in [3.05, 3.63) is 95.2 Å². The number of carbonyl (C=O) groups is 2. The third-order valence-corrected chi connectivity index (χ3v) is 8.53. The molecule has 9 heteroatoms. The number of benzene rings is 3. The fourth-order valence-electron chi connectivity index (χ4n) is 6.01. The molecule has 2 amide bonds. The molecule has 1 unspecified atom stereocenters. The van der Waals surface area contributed by atoms with Gasteiger partial charge in [0.05, 0.1) is 25.6 Å².